The minimum Gasteiger partial charge on any atom is -0.456 e. The summed E-state index contributed by atoms with van der Waals surface area (Å²) in [6.45, 7) is -0.247. The number of rotatable bonds is 5. The van der Waals surface area contributed by atoms with E-state index in [9.17, 15) is 18.0 Å². The molecule has 19 heavy (non-hydrogen) atoms. The van der Waals surface area contributed by atoms with E-state index >= 15 is 0 Å². The van der Waals surface area contributed by atoms with Crippen LogP contribution in [0.2, 0.25) is 0 Å². The fraction of sp³-hybridized carbons (Fsp3) is 0.769. The number of hydrogen-bond acceptors (Lipinski definition) is 3. The molecule has 1 aliphatic rings. The molecule has 0 aliphatic heterocycles. The molecule has 0 aromatic rings. The molecule has 0 saturated heterocycles. The van der Waals surface area contributed by atoms with Gasteiger partial charge in [-0.2, -0.15) is 13.2 Å². The molecule has 0 spiro atoms. The van der Waals surface area contributed by atoms with Crippen molar-refractivity contribution in [2.24, 2.45) is 5.92 Å². The van der Waals surface area contributed by atoms with Gasteiger partial charge in [-0.3, -0.25) is 0 Å². The van der Waals surface area contributed by atoms with Crippen molar-refractivity contribution in [1.82, 2.24) is 0 Å². The van der Waals surface area contributed by atoms with Gasteiger partial charge < -0.3 is 9.47 Å². The van der Waals surface area contributed by atoms with E-state index in [2.05, 4.69) is 4.74 Å². The number of allylic oxidation sites excluding steroid dienone is 1. The number of alkyl halides is 3. The standard InChI is InChI=1S/C13H19F3O3/c1-18-9-12(17)19-11(7-8-13(14,15)16)10-5-3-2-4-6-10/h7-8,10-11H,2-6,9H2,1H3/b8-7+/t11-/m0/s1. The molecular weight excluding hydrogens is 261 g/mol. The first-order chi connectivity index (χ1) is 8.92. The summed E-state index contributed by atoms with van der Waals surface area (Å²) in [5.41, 5.74) is 0. The monoisotopic (exact) mass is 280 g/mol. The van der Waals surface area contributed by atoms with Gasteiger partial charge in [0.05, 0.1) is 0 Å². The Morgan fingerprint density at radius 2 is 1.95 bits per heavy atom. The van der Waals surface area contributed by atoms with Crippen LogP contribution in [0, 0.1) is 5.92 Å². The summed E-state index contributed by atoms with van der Waals surface area (Å²) >= 11 is 0. The van der Waals surface area contributed by atoms with Crippen molar-refractivity contribution in [3.63, 3.8) is 0 Å². The molecule has 0 heterocycles. The number of esters is 1. The molecular formula is C13H19F3O3. The minimum atomic E-state index is -4.39. The van der Waals surface area contributed by atoms with E-state index < -0.39 is 18.2 Å². The predicted molar refractivity (Wildman–Crippen MR) is 63.5 cm³/mol. The fourth-order valence-electron chi connectivity index (χ4n) is 2.26. The van der Waals surface area contributed by atoms with E-state index in [4.69, 9.17) is 4.74 Å². The van der Waals surface area contributed by atoms with Crippen molar-refractivity contribution < 1.29 is 27.4 Å². The number of carbonyl (C=O) groups excluding carboxylic acids is 1. The van der Waals surface area contributed by atoms with Crippen LogP contribution in [-0.2, 0) is 14.3 Å². The van der Waals surface area contributed by atoms with Crippen LogP contribution in [-0.4, -0.2) is 32.0 Å². The van der Waals surface area contributed by atoms with Gasteiger partial charge in [0, 0.05) is 13.2 Å². The zero-order chi connectivity index (χ0) is 14.3. The summed E-state index contributed by atoms with van der Waals surface area (Å²) < 4.78 is 46.3. The maximum Gasteiger partial charge on any atom is 0.409 e. The molecule has 1 aliphatic carbocycles. The second kappa shape index (κ2) is 7.53. The van der Waals surface area contributed by atoms with Crippen molar-refractivity contribution in [2.75, 3.05) is 13.7 Å². The van der Waals surface area contributed by atoms with E-state index in [-0.39, 0.29) is 18.6 Å². The molecule has 0 N–H and O–H groups in total. The quantitative estimate of drug-likeness (QED) is 0.573. The number of hydrogen-bond donors (Lipinski definition) is 0. The molecule has 0 amide bonds. The molecule has 1 rings (SSSR count). The summed E-state index contributed by atoms with van der Waals surface area (Å²) in [6.07, 6.45) is 0.463. The first-order valence-corrected chi connectivity index (χ1v) is 6.37. The minimum absolute atomic E-state index is 0.0341. The number of ether oxygens (including phenoxy) is 2. The Kier molecular flexibility index (Phi) is 6.34. The van der Waals surface area contributed by atoms with E-state index in [1.807, 2.05) is 0 Å². The van der Waals surface area contributed by atoms with Crippen LogP contribution in [0.4, 0.5) is 13.2 Å². The Morgan fingerprint density at radius 1 is 1.32 bits per heavy atom. The van der Waals surface area contributed by atoms with Crippen molar-refractivity contribution in [3.05, 3.63) is 12.2 Å². The van der Waals surface area contributed by atoms with Gasteiger partial charge in [0.15, 0.2) is 0 Å². The number of halogens is 3. The maximum absolute atomic E-state index is 12.2. The molecule has 0 radical (unpaired) electrons. The molecule has 0 unspecified atom stereocenters. The Bertz CT molecular complexity index is 307. The highest BCUT2D eigenvalue weighted by Crippen LogP contribution is 2.29. The van der Waals surface area contributed by atoms with E-state index in [0.717, 1.165) is 38.2 Å². The predicted octanol–water partition coefficient (Wildman–Crippen LogP) is 3.24. The molecule has 110 valence electrons. The van der Waals surface area contributed by atoms with E-state index in [0.29, 0.717) is 0 Å². The van der Waals surface area contributed by atoms with Crippen LogP contribution in [0.3, 0.4) is 0 Å². The molecule has 0 aromatic heterocycles. The van der Waals surface area contributed by atoms with Crippen LogP contribution in [0.15, 0.2) is 12.2 Å². The van der Waals surface area contributed by atoms with Crippen LogP contribution in [0.25, 0.3) is 0 Å². The van der Waals surface area contributed by atoms with Gasteiger partial charge in [-0.15, -0.1) is 0 Å². The van der Waals surface area contributed by atoms with Gasteiger partial charge in [-0.1, -0.05) is 19.3 Å². The third-order valence-corrected chi connectivity index (χ3v) is 3.12. The van der Waals surface area contributed by atoms with Crippen molar-refractivity contribution in [1.29, 1.82) is 0 Å². The number of methoxy groups -OCH3 is 1. The molecule has 0 bridgehead atoms. The Morgan fingerprint density at radius 3 is 2.47 bits per heavy atom. The largest absolute Gasteiger partial charge is 0.456 e. The topological polar surface area (TPSA) is 35.5 Å². The average molecular weight is 280 g/mol. The lowest BCUT2D eigenvalue weighted by atomic mass is 9.85. The van der Waals surface area contributed by atoms with Crippen molar-refractivity contribution >= 4 is 5.97 Å². The summed E-state index contributed by atoms with van der Waals surface area (Å²) in [7, 11) is 1.34. The highest BCUT2D eigenvalue weighted by Gasteiger charge is 2.28. The van der Waals surface area contributed by atoms with Crippen LogP contribution in [0.1, 0.15) is 32.1 Å². The Balaban J connectivity index is 2.66. The maximum atomic E-state index is 12.2. The van der Waals surface area contributed by atoms with Gasteiger partial charge in [0.1, 0.15) is 12.7 Å². The Labute approximate surface area is 110 Å². The van der Waals surface area contributed by atoms with Gasteiger partial charge >= 0.3 is 12.1 Å². The normalized spacial score (nSPS) is 19.6. The molecule has 1 saturated carbocycles. The Hall–Kier alpha value is -1.04. The summed E-state index contributed by atoms with van der Waals surface area (Å²) in [4.78, 5) is 11.4. The van der Waals surface area contributed by atoms with E-state index in [1.54, 1.807) is 0 Å². The van der Waals surface area contributed by atoms with Crippen molar-refractivity contribution in [2.45, 2.75) is 44.4 Å². The van der Waals surface area contributed by atoms with Gasteiger partial charge in [-0.05, 0) is 24.8 Å². The summed E-state index contributed by atoms with van der Waals surface area (Å²) in [5, 5.41) is 0. The van der Waals surface area contributed by atoms with Gasteiger partial charge in [-0.25, -0.2) is 4.79 Å². The summed E-state index contributed by atoms with van der Waals surface area (Å²) in [5.74, 6) is -0.668. The van der Waals surface area contributed by atoms with Gasteiger partial charge in [0.25, 0.3) is 0 Å². The lowest BCUT2D eigenvalue weighted by molar-refractivity contribution is -0.154. The highest BCUT2D eigenvalue weighted by atomic mass is 19.4. The number of carbonyl (C=O) groups is 1. The molecule has 3 nitrogen and oxygen atoms in total. The smallest absolute Gasteiger partial charge is 0.409 e. The summed E-state index contributed by atoms with van der Waals surface area (Å²) in [6, 6.07) is 0. The van der Waals surface area contributed by atoms with Crippen LogP contribution >= 0.6 is 0 Å². The SMILES string of the molecule is COCC(=O)O[C@@H](/C=C/C(F)(F)F)C1CCCCC1. The van der Waals surface area contributed by atoms with Crippen LogP contribution < -0.4 is 0 Å². The van der Waals surface area contributed by atoms with Gasteiger partial charge in [0.2, 0.25) is 0 Å². The molecule has 6 heteroatoms. The first kappa shape index (κ1) is 16.0. The lowest BCUT2D eigenvalue weighted by Gasteiger charge is -2.28. The van der Waals surface area contributed by atoms with E-state index in [1.165, 1.54) is 7.11 Å². The first-order valence-electron chi connectivity index (χ1n) is 6.37. The van der Waals surface area contributed by atoms with Crippen molar-refractivity contribution in [3.8, 4) is 0 Å². The highest BCUT2D eigenvalue weighted by molar-refractivity contribution is 5.71. The third kappa shape index (κ3) is 6.61. The molecule has 1 atom stereocenters. The fourth-order valence-corrected chi connectivity index (χ4v) is 2.26. The van der Waals surface area contributed by atoms with Crippen LogP contribution in [0.5, 0.6) is 0 Å². The average Bonchev–Trinajstić information content (AvgIpc) is 2.35. The zero-order valence-corrected chi connectivity index (χ0v) is 10.9. The lowest BCUT2D eigenvalue weighted by Crippen LogP contribution is -2.29. The third-order valence-electron chi connectivity index (χ3n) is 3.12. The zero-order valence-electron chi connectivity index (χ0n) is 10.9. The second-order valence-electron chi connectivity index (χ2n) is 4.69. The second-order valence-corrected chi connectivity index (χ2v) is 4.69. The molecule has 0 aromatic carbocycles. The molecule has 1 fully saturated rings.